The fourth-order valence-electron chi connectivity index (χ4n) is 4.19. The van der Waals surface area contributed by atoms with Gasteiger partial charge in [-0.05, 0) is 54.0 Å². The van der Waals surface area contributed by atoms with Crippen molar-refractivity contribution < 1.29 is 13.9 Å². The van der Waals surface area contributed by atoms with Gasteiger partial charge in [-0.25, -0.2) is 4.39 Å². The molecule has 2 aromatic carbocycles. The zero-order valence-electron chi connectivity index (χ0n) is 17.9. The lowest BCUT2D eigenvalue weighted by Crippen LogP contribution is -2.30. The predicted molar refractivity (Wildman–Crippen MR) is 116 cm³/mol. The minimum Gasteiger partial charge on any atom is -0.490 e. The van der Waals surface area contributed by atoms with E-state index >= 15 is 0 Å². The average molecular weight is 411 g/mol. The van der Waals surface area contributed by atoms with Crippen molar-refractivity contribution in [1.29, 1.82) is 0 Å². The Morgan fingerprint density at radius 3 is 2.70 bits per heavy atom. The summed E-state index contributed by atoms with van der Waals surface area (Å²) in [5, 5.41) is 2.91. The second-order valence-electron chi connectivity index (χ2n) is 8.72. The number of fused-ring (bicyclic) bond motifs is 1. The molecule has 4 nitrogen and oxygen atoms in total. The van der Waals surface area contributed by atoms with Crippen LogP contribution in [0.4, 0.5) is 4.39 Å². The Morgan fingerprint density at radius 1 is 1.23 bits per heavy atom. The number of amides is 1. The molecule has 0 bridgehead atoms. The van der Waals surface area contributed by atoms with Gasteiger partial charge in [-0.1, -0.05) is 43.2 Å². The molecule has 1 atom stereocenters. The van der Waals surface area contributed by atoms with Crippen LogP contribution in [-0.4, -0.2) is 24.0 Å². The van der Waals surface area contributed by atoms with Gasteiger partial charge in [0.05, 0.1) is 12.6 Å². The van der Waals surface area contributed by atoms with E-state index in [1.54, 1.807) is 6.07 Å². The summed E-state index contributed by atoms with van der Waals surface area (Å²) >= 11 is 0. The third-order valence-electron chi connectivity index (χ3n) is 6.16. The van der Waals surface area contributed by atoms with Crippen molar-refractivity contribution in [1.82, 2.24) is 10.2 Å². The Bertz CT molecular complexity index is 893. The van der Waals surface area contributed by atoms with Crippen molar-refractivity contribution in [2.75, 3.05) is 13.2 Å². The summed E-state index contributed by atoms with van der Waals surface area (Å²) in [6.07, 6.45) is 4.33. The van der Waals surface area contributed by atoms with Crippen LogP contribution < -0.4 is 10.1 Å². The third kappa shape index (κ3) is 5.20. The highest BCUT2D eigenvalue weighted by Gasteiger charge is 2.23. The minimum atomic E-state index is -0.167. The highest BCUT2D eigenvalue weighted by Crippen LogP contribution is 2.33. The second-order valence-corrected chi connectivity index (χ2v) is 8.72. The molecule has 1 fully saturated rings. The van der Waals surface area contributed by atoms with Gasteiger partial charge in [0.2, 0.25) is 5.91 Å². The standard InChI is InChI=1S/C25H31FN2O2/c1-17(27-18(2)29)21-7-5-20(6-8-21)15-28-13-11-23-22(16-28)9-10-24(25(23)26)30-14-12-19-3-4-19/h5-10,17,19H,3-4,11-16H2,1-2H3,(H,27,29). The van der Waals surface area contributed by atoms with Gasteiger partial charge >= 0.3 is 0 Å². The highest BCUT2D eigenvalue weighted by atomic mass is 19.1. The summed E-state index contributed by atoms with van der Waals surface area (Å²) in [5.74, 6) is 1.01. The molecule has 160 valence electrons. The summed E-state index contributed by atoms with van der Waals surface area (Å²) in [6, 6.07) is 12.2. The van der Waals surface area contributed by atoms with E-state index in [9.17, 15) is 9.18 Å². The van der Waals surface area contributed by atoms with Crippen LogP contribution in [0.15, 0.2) is 36.4 Å². The lowest BCUT2D eigenvalue weighted by atomic mass is 9.98. The highest BCUT2D eigenvalue weighted by molar-refractivity contribution is 5.73. The molecule has 2 aliphatic rings. The Kier molecular flexibility index (Phi) is 6.38. The summed E-state index contributed by atoms with van der Waals surface area (Å²) < 4.78 is 20.6. The maximum Gasteiger partial charge on any atom is 0.217 e. The van der Waals surface area contributed by atoms with Crippen molar-refractivity contribution >= 4 is 5.91 Å². The predicted octanol–water partition coefficient (Wildman–Crippen LogP) is 4.76. The molecule has 0 saturated heterocycles. The van der Waals surface area contributed by atoms with E-state index in [1.807, 2.05) is 13.0 Å². The topological polar surface area (TPSA) is 41.6 Å². The third-order valence-corrected chi connectivity index (χ3v) is 6.16. The first-order valence-corrected chi connectivity index (χ1v) is 11.0. The van der Waals surface area contributed by atoms with Gasteiger partial charge in [-0.3, -0.25) is 9.69 Å². The Labute approximate surface area is 178 Å². The quantitative estimate of drug-likeness (QED) is 0.682. The molecule has 1 heterocycles. The van der Waals surface area contributed by atoms with E-state index < -0.39 is 0 Å². The molecule has 1 unspecified atom stereocenters. The molecule has 30 heavy (non-hydrogen) atoms. The van der Waals surface area contributed by atoms with E-state index in [-0.39, 0.29) is 17.8 Å². The molecule has 2 aromatic rings. The number of nitrogens with zero attached hydrogens (tertiary/aromatic N) is 1. The molecular weight excluding hydrogens is 379 g/mol. The molecule has 1 N–H and O–H groups in total. The second kappa shape index (κ2) is 9.17. The molecule has 0 spiro atoms. The fourth-order valence-corrected chi connectivity index (χ4v) is 4.19. The van der Waals surface area contributed by atoms with Crippen LogP contribution in [-0.2, 0) is 24.3 Å². The molecule has 1 aliphatic carbocycles. The Morgan fingerprint density at radius 2 is 2.00 bits per heavy atom. The van der Waals surface area contributed by atoms with Crippen LogP contribution in [0.2, 0.25) is 0 Å². The normalized spacial score (nSPS) is 17.3. The van der Waals surface area contributed by atoms with Crippen molar-refractivity contribution in [2.24, 2.45) is 5.92 Å². The number of nitrogens with one attached hydrogen (secondary N) is 1. The average Bonchev–Trinajstić information content (AvgIpc) is 3.54. The minimum absolute atomic E-state index is 0.00192. The van der Waals surface area contributed by atoms with Gasteiger partial charge in [0.1, 0.15) is 0 Å². The molecular formula is C25H31FN2O2. The van der Waals surface area contributed by atoms with Crippen molar-refractivity contribution in [3.05, 3.63) is 64.5 Å². The smallest absolute Gasteiger partial charge is 0.217 e. The molecule has 0 aromatic heterocycles. The fraction of sp³-hybridized carbons (Fsp3) is 0.480. The van der Waals surface area contributed by atoms with Crippen LogP contribution in [0.3, 0.4) is 0 Å². The van der Waals surface area contributed by atoms with Gasteiger partial charge in [0, 0.05) is 26.6 Å². The van der Waals surface area contributed by atoms with Gasteiger partial charge in [-0.15, -0.1) is 0 Å². The summed E-state index contributed by atoms with van der Waals surface area (Å²) in [5.41, 5.74) is 4.19. The Hall–Kier alpha value is -2.40. The van der Waals surface area contributed by atoms with E-state index in [2.05, 4.69) is 34.5 Å². The van der Waals surface area contributed by atoms with E-state index in [4.69, 9.17) is 4.74 Å². The first kappa shape index (κ1) is 20.9. The van der Waals surface area contributed by atoms with Gasteiger partial charge < -0.3 is 10.1 Å². The van der Waals surface area contributed by atoms with E-state index in [0.717, 1.165) is 48.7 Å². The number of hydrogen-bond donors (Lipinski definition) is 1. The lowest BCUT2D eigenvalue weighted by Gasteiger charge is -2.29. The summed E-state index contributed by atoms with van der Waals surface area (Å²) in [6.45, 7) is 6.54. The molecule has 1 saturated carbocycles. The van der Waals surface area contributed by atoms with Crippen LogP contribution >= 0.6 is 0 Å². The monoisotopic (exact) mass is 410 g/mol. The van der Waals surface area contributed by atoms with Crippen molar-refractivity contribution in [2.45, 2.75) is 58.7 Å². The van der Waals surface area contributed by atoms with Crippen LogP contribution in [0, 0.1) is 11.7 Å². The first-order chi connectivity index (χ1) is 14.5. The lowest BCUT2D eigenvalue weighted by molar-refractivity contribution is -0.119. The zero-order valence-corrected chi connectivity index (χ0v) is 17.9. The van der Waals surface area contributed by atoms with Gasteiger partial charge in [0.15, 0.2) is 11.6 Å². The molecule has 1 amide bonds. The zero-order chi connectivity index (χ0) is 21.1. The van der Waals surface area contributed by atoms with E-state index in [1.165, 1.54) is 25.3 Å². The number of carbonyl (C=O) groups is 1. The Balaban J connectivity index is 1.34. The first-order valence-electron chi connectivity index (χ1n) is 11.0. The number of carbonyl (C=O) groups excluding carboxylic acids is 1. The van der Waals surface area contributed by atoms with Crippen LogP contribution in [0.5, 0.6) is 5.75 Å². The van der Waals surface area contributed by atoms with E-state index in [0.29, 0.717) is 18.8 Å². The summed E-state index contributed by atoms with van der Waals surface area (Å²) in [4.78, 5) is 13.6. The number of rotatable bonds is 8. The van der Waals surface area contributed by atoms with Gasteiger partial charge in [0.25, 0.3) is 0 Å². The number of halogens is 1. The van der Waals surface area contributed by atoms with Gasteiger partial charge in [-0.2, -0.15) is 0 Å². The maximum atomic E-state index is 14.9. The van der Waals surface area contributed by atoms with Crippen molar-refractivity contribution in [3.8, 4) is 5.75 Å². The molecule has 5 heteroatoms. The summed E-state index contributed by atoms with van der Waals surface area (Å²) in [7, 11) is 0. The largest absolute Gasteiger partial charge is 0.490 e. The molecule has 0 radical (unpaired) electrons. The SMILES string of the molecule is CC(=O)NC(C)c1ccc(CN2CCc3c(ccc(OCCC4CC4)c3F)C2)cc1. The van der Waals surface area contributed by atoms with Crippen LogP contribution in [0.1, 0.15) is 61.4 Å². The maximum absolute atomic E-state index is 14.9. The van der Waals surface area contributed by atoms with Crippen LogP contribution in [0.25, 0.3) is 0 Å². The number of benzene rings is 2. The molecule has 1 aliphatic heterocycles. The van der Waals surface area contributed by atoms with Crippen molar-refractivity contribution in [3.63, 3.8) is 0 Å². The number of hydrogen-bond acceptors (Lipinski definition) is 3. The molecule has 4 rings (SSSR count). The number of ether oxygens (including phenoxy) is 1.